The molecular weight excluding hydrogens is 227 g/mol. The summed E-state index contributed by atoms with van der Waals surface area (Å²) in [6.45, 7) is 0.306. The molecule has 1 aliphatic rings. The van der Waals surface area contributed by atoms with Gasteiger partial charge in [0.2, 0.25) is 0 Å². The molecular formula is C13H16F3N. The van der Waals surface area contributed by atoms with Crippen LogP contribution in [0.25, 0.3) is 0 Å². The summed E-state index contributed by atoms with van der Waals surface area (Å²) in [6, 6.07) is 6.16. The minimum Gasteiger partial charge on any atom is -0.310 e. The molecule has 0 saturated heterocycles. The van der Waals surface area contributed by atoms with E-state index in [-0.39, 0.29) is 0 Å². The number of hydrogen-bond acceptors (Lipinski definition) is 1. The van der Waals surface area contributed by atoms with Crippen LogP contribution in [0.5, 0.6) is 0 Å². The molecule has 1 nitrogen and oxygen atoms in total. The lowest BCUT2D eigenvalue weighted by Crippen LogP contribution is -2.26. The van der Waals surface area contributed by atoms with E-state index in [1.165, 1.54) is 18.9 Å². The van der Waals surface area contributed by atoms with Gasteiger partial charge in [0.25, 0.3) is 0 Å². The third-order valence-corrected chi connectivity index (χ3v) is 3.26. The molecule has 0 atom stereocenters. The van der Waals surface area contributed by atoms with Crippen LogP contribution in [0.4, 0.5) is 13.2 Å². The lowest BCUT2D eigenvalue weighted by molar-refractivity contribution is -0.138. The molecule has 17 heavy (non-hydrogen) atoms. The maximum Gasteiger partial charge on any atom is 0.416 e. The Morgan fingerprint density at radius 3 is 2.41 bits per heavy atom. The lowest BCUT2D eigenvalue weighted by Gasteiger charge is -2.16. The molecule has 0 spiro atoms. The summed E-state index contributed by atoms with van der Waals surface area (Å²) in [5.41, 5.74) is -0.183. The van der Waals surface area contributed by atoms with Crippen molar-refractivity contribution in [2.24, 2.45) is 0 Å². The molecule has 94 valence electrons. The highest BCUT2D eigenvalue weighted by atomic mass is 19.4. The van der Waals surface area contributed by atoms with Crippen LogP contribution in [0.2, 0.25) is 0 Å². The zero-order chi connectivity index (χ0) is 12.3. The van der Waals surface area contributed by atoms with E-state index >= 15 is 0 Å². The molecule has 1 aliphatic carbocycles. The van der Waals surface area contributed by atoms with Crippen LogP contribution in [0.3, 0.4) is 0 Å². The van der Waals surface area contributed by atoms with Gasteiger partial charge in [-0.05, 0) is 24.5 Å². The topological polar surface area (TPSA) is 12.0 Å². The summed E-state index contributed by atoms with van der Waals surface area (Å²) in [6.07, 6.45) is 0.257. The fourth-order valence-electron chi connectivity index (χ4n) is 2.34. The largest absolute Gasteiger partial charge is 0.416 e. The van der Waals surface area contributed by atoms with E-state index in [4.69, 9.17) is 0 Å². The number of benzene rings is 1. The van der Waals surface area contributed by atoms with Crippen molar-refractivity contribution in [2.75, 3.05) is 0 Å². The van der Waals surface area contributed by atoms with Crippen LogP contribution in [0.15, 0.2) is 24.3 Å². The van der Waals surface area contributed by atoms with Crippen LogP contribution in [-0.2, 0) is 12.7 Å². The summed E-state index contributed by atoms with van der Waals surface area (Å²) >= 11 is 0. The quantitative estimate of drug-likeness (QED) is 0.852. The van der Waals surface area contributed by atoms with Crippen LogP contribution in [-0.4, -0.2) is 6.04 Å². The first-order valence-electron chi connectivity index (χ1n) is 5.96. The second-order valence-electron chi connectivity index (χ2n) is 4.52. The highest BCUT2D eigenvalue weighted by Crippen LogP contribution is 2.32. The summed E-state index contributed by atoms with van der Waals surface area (Å²) in [5.74, 6) is 0. The monoisotopic (exact) mass is 243 g/mol. The van der Waals surface area contributed by atoms with E-state index in [1.54, 1.807) is 12.1 Å². The van der Waals surface area contributed by atoms with Gasteiger partial charge >= 0.3 is 6.18 Å². The SMILES string of the molecule is FC(F)(F)c1ccccc1CNC1CCCC1. The average Bonchev–Trinajstić information content (AvgIpc) is 2.78. The molecule has 1 saturated carbocycles. The van der Waals surface area contributed by atoms with Gasteiger partial charge in [-0.3, -0.25) is 0 Å². The highest BCUT2D eigenvalue weighted by Gasteiger charge is 2.32. The molecule has 0 aliphatic heterocycles. The number of hydrogen-bond donors (Lipinski definition) is 1. The van der Waals surface area contributed by atoms with Gasteiger partial charge < -0.3 is 5.32 Å². The Hall–Kier alpha value is -1.03. The van der Waals surface area contributed by atoms with Crippen molar-refractivity contribution in [1.82, 2.24) is 5.32 Å². The van der Waals surface area contributed by atoms with Crippen molar-refractivity contribution >= 4 is 0 Å². The van der Waals surface area contributed by atoms with Crippen molar-refractivity contribution in [3.63, 3.8) is 0 Å². The molecule has 4 heteroatoms. The first-order chi connectivity index (χ1) is 8.07. The van der Waals surface area contributed by atoms with E-state index in [2.05, 4.69) is 5.32 Å². The summed E-state index contributed by atoms with van der Waals surface area (Å²) < 4.78 is 38.2. The third kappa shape index (κ3) is 3.22. The molecule has 1 fully saturated rings. The molecule has 2 rings (SSSR count). The normalized spacial score (nSPS) is 17.6. The molecule has 1 aromatic carbocycles. The smallest absolute Gasteiger partial charge is 0.310 e. The van der Waals surface area contributed by atoms with Gasteiger partial charge in [-0.1, -0.05) is 31.0 Å². The van der Waals surface area contributed by atoms with Crippen molar-refractivity contribution in [1.29, 1.82) is 0 Å². The molecule has 0 unspecified atom stereocenters. The Balaban J connectivity index is 2.04. The lowest BCUT2D eigenvalue weighted by atomic mass is 10.1. The van der Waals surface area contributed by atoms with E-state index in [0.717, 1.165) is 18.9 Å². The Labute approximate surface area is 99.0 Å². The highest BCUT2D eigenvalue weighted by molar-refractivity contribution is 5.29. The van der Waals surface area contributed by atoms with Crippen molar-refractivity contribution < 1.29 is 13.2 Å². The molecule has 0 aromatic heterocycles. The molecule has 1 aromatic rings. The van der Waals surface area contributed by atoms with Gasteiger partial charge in [-0.2, -0.15) is 13.2 Å². The number of rotatable bonds is 3. The summed E-state index contributed by atoms with van der Waals surface area (Å²) in [4.78, 5) is 0. The van der Waals surface area contributed by atoms with Crippen molar-refractivity contribution in [2.45, 2.75) is 44.4 Å². The van der Waals surface area contributed by atoms with Gasteiger partial charge in [0.1, 0.15) is 0 Å². The zero-order valence-corrected chi connectivity index (χ0v) is 9.56. The summed E-state index contributed by atoms with van der Waals surface area (Å²) in [7, 11) is 0. The Kier molecular flexibility index (Phi) is 3.72. The Morgan fingerprint density at radius 2 is 1.76 bits per heavy atom. The zero-order valence-electron chi connectivity index (χ0n) is 9.56. The minimum atomic E-state index is -4.26. The second kappa shape index (κ2) is 5.08. The van der Waals surface area contributed by atoms with Gasteiger partial charge in [0.15, 0.2) is 0 Å². The first kappa shape index (κ1) is 12.4. The maximum atomic E-state index is 12.7. The van der Waals surface area contributed by atoms with Crippen LogP contribution in [0.1, 0.15) is 36.8 Å². The number of alkyl halides is 3. The number of halogens is 3. The Morgan fingerprint density at radius 1 is 1.12 bits per heavy atom. The number of nitrogens with one attached hydrogen (secondary N) is 1. The molecule has 0 radical (unpaired) electrons. The molecule has 0 amide bonds. The van der Waals surface area contributed by atoms with E-state index < -0.39 is 11.7 Å². The fraction of sp³-hybridized carbons (Fsp3) is 0.538. The minimum absolute atomic E-state index is 0.306. The van der Waals surface area contributed by atoms with Crippen LogP contribution in [0, 0.1) is 0 Å². The molecule has 1 N–H and O–H groups in total. The van der Waals surface area contributed by atoms with Gasteiger partial charge in [-0.15, -0.1) is 0 Å². The Bertz CT molecular complexity index is 367. The molecule has 0 bridgehead atoms. The standard InChI is InChI=1S/C13H16F3N/c14-13(15,16)12-8-4-1-5-10(12)9-17-11-6-2-3-7-11/h1,4-5,8,11,17H,2-3,6-7,9H2. The van der Waals surface area contributed by atoms with Gasteiger partial charge in [0.05, 0.1) is 5.56 Å². The predicted molar refractivity (Wildman–Crippen MR) is 60.5 cm³/mol. The second-order valence-corrected chi connectivity index (χ2v) is 4.52. The van der Waals surface area contributed by atoms with E-state index in [0.29, 0.717) is 18.2 Å². The van der Waals surface area contributed by atoms with Crippen LogP contribution < -0.4 is 5.32 Å². The van der Waals surface area contributed by atoms with Gasteiger partial charge in [0, 0.05) is 12.6 Å². The van der Waals surface area contributed by atoms with E-state index in [9.17, 15) is 13.2 Å². The fourth-order valence-corrected chi connectivity index (χ4v) is 2.34. The maximum absolute atomic E-state index is 12.7. The van der Waals surface area contributed by atoms with Crippen molar-refractivity contribution in [3.8, 4) is 0 Å². The first-order valence-corrected chi connectivity index (χ1v) is 5.96. The average molecular weight is 243 g/mol. The molecule has 0 heterocycles. The van der Waals surface area contributed by atoms with Crippen molar-refractivity contribution in [3.05, 3.63) is 35.4 Å². The van der Waals surface area contributed by atoms with Crippen LogP contribution >= 0.6 is 0 Å². The third-order valence-electron chi connectivity index (χ3n) is 3.26. The van der Waals surface area contributed by atoms with Gasteiger partial charge in [-0.25, -0.2) is 0 Å². The van der Waals surface area contributed by atoms with E-state index in [1.807, 2.05) is 0 Å². The predicted octanol–water partition coefficient (Wildman–Crippen LogP) is 3.74. The summed E-state index contributed by atoms with van der Waals surface area (Å²) in [5, 5.41) is 3.21.